The van der Waals surface area contributed by atoms with E-state index in [4.69, 9.17) is 10.2 Å². The Morgan fingerprint density at radius 3 is 2.60 bits per heavy atom. The molecule has 1 atom stereocenters. The molecule has 1 amide bonds. The van der Waals surface area contributed by atoms with Gasteiger partial charge in [0.1, 0.15) is 11.6 Å². The molecule has 0 radical (unpaired) electrons. The van der Waals surface area contributed by atoms with Crippen LogP contribution in [0.1, 0.15) is 31.2 Å². The summed E-state index contributed by atoms with van der Waals surface area (Å²) in [6.07, 6.45) is 4.21. The van der Waals surface area contributed by atoms with Gasteiger partial charge in [0.15, 0.2) is 5.65 Å². The van der Waals surface area contributed by atoms with E-state index in [0.29, 0.717) is 17.1 Å². The van der Waals surface area contributed by atoms with Gasteiger partial charge < -0.3 is 14.8 Å². The lowest BCUT2D eigenvalue weighted by molar-refractivity contribution is -0.134. The van der Waals surface area contributed by atoms with Crippen LogP contribution in [0.15, 0.2) is 36.4 Å². The van der Waals surface area contributed by atoms with Gasteiger partial charge in [-0.05, 0) is 62.1 Å². The number of piperidine rings is 1. The molecule has 3 aromatic rings. The SMILES string of the molecule is N#Cc1ccc(-c2nc3nc(N4CCCC(C(=O)N5CCCC5)C4)ccc3[nH]2)cc1. The third kappa shape index (κ3) is 3.50. The average molecular weight is 400 g/mol. The van der Waals surface area contributed by atoms with Crippen molar-refractivity contribution in [2.75, 3.05) is 31.1 Å². The number of aromatic nitrogens is 3. The van der Waals surface area contributed by atoms with Gasteiger partial charge in [0, 0.05) is 31.7 Å². The number of amides is 1. The first-order valence-corrected chi connectivity index (χ1v) is 10.6. The Morgan fingerprint density at radius 1 is 1.03 bits per heavy atom. The molecule has 0 bridgehead atoms. The van der Waals surface area contributed by atoms with Gasteiger partial charge in [0.2, 0.25) is 5.91 Å². The fourth-order valence-corrected chi connectivity index (χ4v) is 4.48. The van der Waals surface area contributed by atoms with Gasteiger partial charge in [0.25, 0.3) is 0 Å². The molecule has 7 nitrogen and oxygen atoms in total. The van der Waals surface area contributed by atoms with Gasteiger partial charge in [-0.2, -0.15) is 5.26 Å². The molecule has 1 aromatic carbocycles. The normalized spacial score (nSPS) is 19.2. The van der Waals surface area contributed by atoms with Crippen LogP contribution in [0.5, 0.6) is 0 Å². The molecule has 5 rings (SSSR count). The maximum Gasteiger partial charge on any atom is 0.227 e. The quantitative estimate of drug-likeness (QED) is 0.728. The smallest absolute Gasteiger partial charge is 0.227 e. The number of benzene rings is 1. The molecule has 152 valence electrons. The summed E-state index contributed by atoms with van der Waals surface area (Å²) in [6, 6.07) is 13.5. The Morgan fingerprint density at radius 2 is 1.83 bits per heavy atom. The molecule has 2 aromatic heterocycles. The summed E-state index contributed by atoms with van der Waals surface area (Å²) < 4.78 is 0. The molecule has 2 fully saturated rings. The highest BCUT2D eigenvalue weighted by atomic mass is 16.2. The van der Waals surface area contributed by atoms with Gasteiger partial charge in [-0.25, -0.2) is 9.97 Å². The lowest BCUT2D eigenvalue weighted by atomic mass is 9.96. The molecule has 30 heavy (non-hydrogen) atoms. The summed E-state index contributed by atoms with van der Waals surface area (Å²) in [4.78, 5) is 29.8. The van der Waals surface area contributed by atoms with Crippen molar-refractivity contribution in [2.45, 2.75) is 25.7 Å². The largest absolute Gasteiger partial charge is 0.356 e. The lowest BCUT2D eigenvalue weighted by Crippen LogP contribution is -2.44. The summed E-state index contributed by atoms with van der Waals surface area (Å²) in [5, 5.41) is 8.97. The second-order valence-corrected chi connectivity index (χ2v) is 8.13. The van der Waals surface area contributed by atoms with Crippen LogP contribution in [0, 0.1) is 17.2 Å². The molecule has 0 saturated carbocycles. The standard InChI is InChI=1S/C23H24N6O/c24-14-16-5-7-17(8-6-16)21-25-19-9-10-20(26-22(19)27-21)29-13-3-4-18(15-29)23(30)28-11-1-2-12-28/h5-10,18H,1-4,11-13,15H2,(H,25,26,27). The molecule has 0 spiro atoms. The fraction of sp³-hybridized carbons (Fsp3) is 0.391. The maximum atomic E-state index is 12.8. The molecule has 1 unspecified atom stereocenters. The van der Waals surface area contributed by atoms with Crippen molar-refractivity contribution in [1.82, 2.24) is 19.9 Å². The van der Waals surface area contributed by atoms with Gasteiger partial charge in [0.05, 0.1) is 23.1 Å². The summed E-state index contributed by atoms with van der Waals surface area (Å²) in [7, 11) is 0. The zero-order chi connectivity index (χ0) is 20.5. The van der Waals surface area contributed by atoms with E-state index in [0.717, 1.165) is 74.6 Å². The van der Waals surface area contributed by atoms with Crippen molar-refractivity contribution in [3.63, 3.8) is 0 Å². The molecular formula is C23H24N6O. The Kier molecular flexibility index (Phi) is 4.83. The number of imidazole rings is 1. The number of nitrogens with one attached hydrogen (secondary N) is 1. The molecule has 2 saturated heterocycles. The number of anilines is 1. The highest BCUT2D eigenvalue weighted by Crippen LogP contribution is 2.27. The highest BCUT2D eigenvalue weighted by molar-refractivity contribution is 5.81. The minimum absolute atomic E-state index is 0.0581. The molecule has 0 aliphatic carbocycles. The van der Waals surface area contributed by atoms with E-state index in [2.05, 4.69) is 20.9 Å². The number of hydrogen-bond acceptors (Lipinski definition) is 5. The number of H-pyrrole nitrogens is 1. The zero-order valence-corrected chi connectivity index (χ0v) is 16.8. The number of rotatable bonds is 3. The minimum Gasteiger partial charge on any atom is -0.356 e. The predicted octanol–water partition coefficient (Wildman–Crippen LogP) is 3.34. The number of aromatic amines is 1. The van der Waals surface area contributed by atoms with Crippen molar-refractivity contribution in [2.24, 2.45) is 5.92 Å². The topological polar surface area (TPSA) is 88.9 Å². The molecule has 7 heteroatoms. The summed E-state index contributed by atoms with van der Waals surface area (Å²) >= 11 is 0. The molecule has 2 aliphatic heterocycles. The molecule has 1 N–H and O–H groups in total. The van der Waals surface area contributed by atoms with Crippen LogP contribution in [-0.2, 0) is 4.79 Å². The van der Waals surface area contributed by atoms with E-state index in [9.17, 15) is 4.79 Å². The highest BCUT2D eigenvalue weighted by Gasteiger charge is 2.31. The number of hydrogen-bond donors (Lipinski definition) is 1. The van der Waals surface area contributed by atoms with Crippen LogP contribution in [0.4, 0.5) is 5.82 Å². The summed E-state index contributed by atoms with van der Waals surface area (Å²) in [5.41, 5.74) is 3.08. The van der Waals surface area contributed by atoms with Gasteiger partial charge in [-0.3, -0.25) is 4.79 Å². The van der Waals surface area contributed by atoms with Gasteiger partial charge >= 0.3 is 0 Å². The van der Waals surface area contributed by atoms with Gasteiger partial charge in [-0.1, -0.05) is 0 Å². The first-order valence-electron chi connectivity index (χ1n) is 10.6. The number of likely N-dealkylation sites (tertiary alicyclic amines) is 1. The van der Waals surface area contributed by atoms with E-state index < -0.39 is 0 Å². The number of pyridine rings is 1. The van der Waals surface area contributed by atoms with Crippen LogP contribution in [-0.4, -0.2) is 51.9 Å². The molecule has 4 heterocycles. The molecule has 2 aliphatic rings. The van der Waals surface area contributed by atoms with E-state index in [1.54, 1.807) is 12.1 Å². The van der Waals surface area contributed by atoms with Crippen LogP contribution >= 0.6 is 0 Å². The number of nitriles is 1. The number of nitrogens with zero attached hydrogens (tertiary/aromatic N) is 5. The zero-order valence-electron chi connectivity index (χ0n) is 16.8. The van der Waals surface area contributed by atoms with Crippen molar-refractivity contribution in [3.8, 4) is 17.5 Å². The first-order chi connectivity index (χ1) is 14.7. The van der Waals surface area contributed by atoms with E-state index >= 15 is 0 Å². The van der Waals surface area contributed by atoms with Crippen molar-refractivity contribution < 1.29 is 4.79 Å². The lowest BCUT2D eigenvalue weighted by Gasteiger charge is -2.34. The van der Waals surface area contributed by atoms with Crippen LogP contribution < -0.4 is 4.90 Å². The van der Waals surface area contributed by atoms with Crippen molar-refractivity contribution >= 4 is 22.9 Å². The Hall–Kier alpha value is -3.40. The Labute approximate surface area is 175 Å². The minimum atomic E-state index is 0.0581. The maximum absolute atomic E-state index is 12.8. The first kappa shape index (κ1) is 18.6. The van der Waals surface area contributed by atoms with Crippen molar-refractivity contribution in [3.05, 3.63) is 42.0 Å². The van der Waals surface area contributed by atoms with Crippen LogP contribution in [0.2, 0.25) is 0 Å². The average Bonchev–Trinajstić information content (AvgIpc) is 3.48. The second kappa shape index (κ2) is 7.79. The van der Waals surface area contributed by atoms with Crippen molar-refractivity contribution in [1.29, 1.82) is 5.26 Å². The summed E-state index contributed by atoms with van der Waals surface area (Å²) in [5.74, 6) is 1.98. The fourth-order valence-electron chi connectivity index (χ4n) is 4.48. The Bertz CT molecular complexity index is 1110. The van der Waals surface area contributed by atoms with Crippen LogP contribution in [0.25, 0.3) is 22.6 Å². The predicted molar refractivity (Wildman–Crippen MR) is 115 cm³/mol. The van der Waals surface area contributed by atoms with Crippen LogP contribution in [0.3, 0.4) is 0 Å². The van der Waals surface area contributed by atoms with Gasteiger partial charge in [-0.15, -0.1) is 0 Å². The van der Waals surface area contributed by atoms with E-state index in [-0.39, 0.29) is 5.92 Å². The van der Waals surface area contributed by atoms with E-state index in [1.165, 1.54) is 0 Å². The number of fused-ring (bicyclic) bond motifs is 1. The second-order valence-electron chi connectivity index (χ2n) is 8.13. The monoisotopic (exact) mass is 400 g/mol. The Balaban J connectivity index is 1.36. The third-order valence-electron chi connectivity index (χ3n) is 6.13. The summed E-state index contributed by atoms with van der Waals surface area (Å²) in [6.45, 7) is 3.45. The molecular weight excluding hydrogens is 376 g/mol. The number of carbonyl (C=O) groups excluding carboxylic acids is 1. The van der Waals surface area contributed by atoms with E-state index in [1.807, 2.05) is 29.2 Å². The third-order valence-corrected chi connectivity index (χ3v) is 6.13. The number of carbonyl (C=O) groups is 1.